The number of aromatic nitrogens is 2. The zero-order valence-electron chi connectivity index (χ0n) is 12.9. The highest BCUT2D eigenvalue weighted by Gasteiger charge is 2.13. The van der Waals surface area contributed by atoms with Crippen LogP contribution >= 0.6 is 0 Å². The van der Waals surface area contributed by atoms with Crippen LogP contribution in [0.15, 0.2) is 41.4 Å². The van der Waals surface area contributed by atoms with Gasteiger partial charge in [0.1, 0.15) is 0 Å². The number of rotatable bonds is 3. The lowest BCUT2D eigenvalue weighted by molar-refractivity contribution is 0.0687. The number of carboxylic acid groups (broad SMARTS) is 1. The van der Waals surface area contributed by atoms with Crippen LogP contribution in [0, 0.1) is 0 Å². The molecule has 0 aliphatic carbocycles. The summed E-state index contributed by atoms with van der Waals surface area (Å²) in [5.41, 5.74) is 0.362. The summed E-state index contributed by atoms with van der Waals surface area (Å²) in [6, 6.07) is 7.31. The van der Waals surface area contributed by atoms with Crippen molar-refractivity contribution in [3.05, 3.63) is 42.2 Å². The van der Waals surface area contributed by atoms with Gasteiger partial charge in [-0.2, -0.15) is 5.10 Å². The molecule has 8 heteroatoms. The number of benzene rings is 1. The van der Waals surface area contributed by atoms with Gasteiger partial charge in [0.15, 0.2) is 15.5 Å². The van der Waals surface area contributed by atoms with E-state index in [1.807, 2.05) is 13.8 Å². The minimum atomic E-state index is -3.34. The maximum absolute atomic E-state index is 11.4. The van der Waals surface area contributed by atoms with Crippen molar-refractivity contribution < 1.29 is 23.4 Å². The van der Waals surface area contributed by atoms with Crippen molar-refractivity contribution in [2.75, 3.05) is 13.4 Å². The van der Waals surface area contributed by atoms with Crippen molar-refractivity contribution >= 4 is 15.8 Å². The van der Waals surface area contributed by atoms with E-state index in [2.05, 4.69) is 5.10 Å². The van der Waals surface area contributed by atoms with E-state index in [0.29, 0.717) is 5.69 Å². The average Bonchev–Trinajstić information content (AvgIpc) is 3.00. The van der Waals surface area contributed by atoms with Crippen LogP contribution in [0.2, 0.25) is 0 Å². The van der Waals surface area contributed by atoms with Gasteiger partial charge in [-0.3, -0.25) is 0 Å². The van der Waals surface area contributed by atoms with Crippen LogP contribution in [0.5, 0.6) is 0 Å². The third kappa shape index (κ3) is 4.97. The molecule has 0 atom stereocenters. The lowest BCUT2D eigenvalue weighted by Gasteiger charge is -2.06. The van der Waals surface area contributed by atoms with Gasteiger partial charge in [-0.1, -0.05) is 19.9 Å². The summed E-state index contributed by atoms with van der Waals surface area (Å²) in [6.07, 6.45) is 2.43. The van der Waals surface area contributed by atoms with Gasteiger partial charge in [-0.25, -0.2) is 17.9 Å². The van der Waals surface area contributed by atoms with Crippen LogP contribution in [-0.2, 0) is 9.84 Å². The van der Waals surface area contributed by atoms with E-state index in [-0.39, 0.29) is 10.6 Å². The van der Waals surface area contributed by atoms with Crippen molar-refractivity contribution in [1.29, 1.82) is 0 Å². The molecule has 2 aromatic rings. The Balaban J connectivity index is 0.00000102. The van der Waals surface area contributed by atoms with E-state index >= 15 is 0 Å². The second kappa shape index (κ2) is 8.96. The first kappa shape index (κ1) is 19.8. The molecule has 0 aliphatic heterocycles. The molecule has 2 N–H and O–H groups in total. The van der Waals surface area contributed by atoms with Gasteiger partial charge in [-0.15, -0.1) is 0 Å². The number of aliphatic hydroxyl groups excluding tert-OH is 1. The molecule has 1 heterocycles. The Morgan fingerprint density at radius 3 is 2.27 bits per heavy atom. The summed E-state index contributed by atoms with van der Waals surface area (Å²) < 4.78 is 24.0. The fourth-order valence-corrected chi connectivity index (χ4v) is 2.18. The van der Waals surface area contributed by atoms with E-state index in [1.54, 1.807) is 12.1 Å². The molecule has 0 aliphatic rings. The number of sulfone groups is 1. The predicted octanol–water partition coefficient (Wildman–Crippen LogP) is 1.61. The third-order valence-corrected chi connectivity index (χ3v) is 3.46. The zero-order chi connectivity index (χ0) is 17.3. The van der Waals surface area contributed by atoms with Crippen LogP contribution in [0.1, 0.15) is 24.3 Å². The standard InChI is InChI=1S/C11H10N2O4S.C2H6.CH4O/c1-18(16,17)9-4-2-3-8(7-9)13-10(11(14)15)5-6-12-13;2*1-2/h2-7H,1H3,(H,14,15);1-2H3;2H,1H3. The Morgan fingerprint density at radius 1 is 1.18 bits per heavy atom. The zero-order valence-corrected chi connectivity index (χ0v) is 13.7. The summed E-state index contributed by atoms with van der Waals surface area (Å²) in [7, 11) is -2.34. The summed E-state index contributed by atoms with van der Waals surface area (Å²) in [4.78, 5) is 11.1. The third-order valence-electron chi connectivity index (χ3n) is 2.35. The fourth-order valence-electron chi connectivity index (χ4n) is 1.52. The molecule has 0 bridgehead atoms. The van der Waals surface area contributed by atoms with Gasteiger partial charge in [0.05, 0.1) is 16.8 Å². The number of aliphatic hydroxyl groups is 1. The number of hydrogen-bond acceptors (Lipinski definition) is 5. The molecule has 0 amide bonds. The number of nitrogens with zero attached hydrogens (tertiary/aromatic N) is 2. The van der Waals surface area contributed by atoms with E-state index in [4.69, 9.17) is 10.2 Å². The lowest BCUT2D eigenvalue weighted by Crippen LogP contribution is -2.08. The average molecular weight is 328 g/mol. The van der Waals surface area contributed by atoms with E-state index < -0.39 is 15.8 Å². The number of carbonyl (C=O) groups is 1. The molecule has 0 unspecified atom stereocenters. The summed E-state index contributed by atoms with van der Waals surface area (Å²) in [5, 5.41) is 19.8. The Kier molecular flexibility index (Phi) is 8.06. The predicted molar refractivity (Wildman–Crippen MR) is 83.1 cm³/mol. The van der Waals surface area contributed by atoms with E-state index in [1.165, 1.54) is 29.1 Å². The summed E-state index contributed by atoms with van der Waals surface area (Å²) in [6.45, 7) is 4.00. The van der Waals surface area contributed by atoms with E-state index in [9.17, 15) is 13.2 Å². The first-order valence-corrected chi connectivity index (χ1v) is 8.31. The Morgan fingerprint density at radius 2 is 1.77 bits per heavy atom. The smallest absolute Gasteiger partial charge is 0.354 e. The van der Waals surface area contributed by atoms with Crippen LogP contribution in [0.3, 0.4) is 0 Å². The molecule has 1 aromatic heterocycles. The monoisotopic (exact) mass is 328 g/mol. The SMILES string of the molecule is CC.CO.CS(=O)(=O)c1cccc(-n2nccc2C(=O)O)c1. The van der Waals surface area contributed by atoms with Gasteiger partial charge in [0, 0.05) is 13.4 Å². The van der Waals surface area contributed by atoms with Gasteiger partial charge in [0.25, 0.3) is 0 Å². The molecule has 0 spiro atoms. The largest absolute Gasteiger partial charge is 0.477 e. The topological polar surface area (TPSA) is 109 Å². The van der Waals surface area contributed by atoms with Crippen molar-refractivity contribution in [2.45, 2.75) is 18.7 Å². The quantitative estimate of drug-likeness (QED) is 0.886. The maximum atomic E-state index is 11.4. The molecule has 2 rings (SSSR count). The van der Waals surface area contributed by atoms with Gasteiger partial charge in [0.2, 0.25) is 0 Å². The molecule has 7 nitrogen and oxygen atoms in total. The highest BCUT2D eigenvalue weighted by atomic mass is 32.2. The van der Waals surface area contributed by atoms with Crippen molar-refractivity contribution in [2.24, 2.45) is 0 Å². The summed E-state index contributed by atoms with van der Waals surface area (Å²) in [5.74, 6) is -1.13. The molecule has 0 saturated heterocycles. The highest BCUT2D eigenvalue weighted by Crippen LogP contribution is 2.16. The van der Waals surface area contributed by atoms with E-state index in [0.717, 1.165) is 13.4 Å². The fraction of sp³-hybridized carbons (Fsp3) is 0.286. The van der Waals surface area contributed by atoms with Crippen molar-refractivity contribution in [1.82, 2.24) is 9.78 Å². The van der Waals surface area contributed by atoms with Crippen LogP contribution < -0.4 is 0 Å². The molecule has 0 saturated carbocycles. The Bertz CT molecular complexity index is 708. The number of carboxylic acids is 1. The normalized spacial score (nSPS) is 9.86. The van der Waals surface area contributed by atoms with Gasteiger partial charge in [-0.05, 0) is 24.3 Å². The van der Waals surface area contributed by atoms with Crippen LogP contribution in [-0.4, -0.2) is 47.7 Å². The lowest BCUT2D eigenvalue weighted by atomic mass is 10.3. The number of hydrogen-bond donors (Lipinski definition) is 2. The first-order chi connectivity index (χ1) is 10.4. The van der Waals surface area contributed by atoms with Crippen molar-refractivity contribution in [3.8, 4) is 5.69 Å². The van der Waals surface area contributed by atoms with Gasteiger partial charge < -0.3 is 10.2 Å². The molecular formula is C14H20N2O5S. The van der Waals surface area contributed by atoms with Crippen molar-refractivity contribution in [3.63, 3.8) is 0 Å². The van der Waals surface area contributed by atoms with Crippen LogP contribution in [0.25, 0.3) is 5.69 Å². The summed E-state index contributed by atoms with van der Waals surface area (Å²) >= 11 is 0. The Hall–Kier alpha value is -2.19. The molecule has 22 heavy (non-hydrogen) atoms. The number of aromatic carboxylic acids is 1. The molecule has 1 aromatic carbocycles. The second-order valence-electron chi connectivity index (χ2n) is 3.70. The molecular weight excluding hydrogens is 308 g/mol. The molecule has 0 radical (unpaired) electrons. The highest BCUT2D eigenvalue weighted by molar-refractivity contribution is 7.90. The maximum Gasteiger partial charge on any atom is 0.354 e. The van der Waals surface area contributed by atoms with Gasteiger partial charge >= 0.3 is 5.97 Å². The van der Waals surface area contributed by atoms with Crippen LogP contribution in [0.4, 0.5) is 0 Å². The second-order valence-corrected chi connectivity index (χ2v) is 5.72. The molecule has 0 fully saturated rings. The minimum absolute atomic E-state index is 0.0272. The Labute approximate surface area is 129 Å². The minimum Gasteiger partial charge on any atom is -0.477 e. The molecule has 122 valence electrons. The first-order valence-electron chi connectivity index (χ1n) is 6.42.